The van der Waals surface area contributed by atoms with Crippen molar-refractivity contribution in [1.82, 2.24) is 15.2 Å². The van der Waals surface area contributed by atoms with Crippen LogP contribution in [-0.4, -0.2) is 21.4 Å². The van der Waals surface area contributed by atoms with Crippen LogP contribution >= 0.6 is 11.8 Å². The van der Waals surface area contributed by atoms with Gasteiger partial charge in [0.25, 0.3) is 0 Å². The Hall–Kier alpha value is -2.47. The zero-order valence-electron chi connectivity index (χ0n) is 12.5. The number of benzene rings is 2. The third-order valence-corrected chi connectivity index (χ3v) is 4.05. The van der Waals surface area contributed by atoms with E-state index in [0.717, 1.165) is 11.1 Å². The molecule has 1 heterocycles. The molecule has 1 N–H and O–H groups in total. The van der Waals surface area contributed by atoms with E-state index in [0.29, 0.717) is 18.2 Å². The molecule has 0 atom stereocenters. The second-order valence-corrected chi connectivity index (χ2v) is 5.75. The molecule has 0 amide bonds. The Morgan fingerprint density at radius 3 is 2.48 bits per heavy atom. The molecule has 0 saturated carbocycles. The summed E-state index contributed by atoms with van der Waals surface area (Å²) in [5, 5.41) is 11.1. The average molecular weight is 326 g/mol. The summed E-state index contributed by atoms with van der Waals surface area (Å²) in [4.78, 5) is 5.64. The first-order valence-corrected chi connectivity index (χ1v) is 8.29. The van der Waals surface area contributed by atoms with E-state index in [4.69, 9.17) is 0 Å². The van der Waals surface area contributed by atoms with E-state index < -0.39 is 0 Å². The number of nitrogens with zero attached hydrogens (tertiary/aromatic N) is 3. The molecule has 0 unspecified atom stereocenters. The molecule has 0 aliphatic carbocycles. The molecule has 2 aromatic carbocycles. The smallest absolute Gasteiger partial charge is 0.243 e. The molecule has 0 saturated heterocycles. The molecule has 4 nitrogen and oxygen atoms in total. The molecule has 1 aromatic heterocycles. The highest BCUT2D eigenvalue weighted by Crippen LogP contribution is 2.18. The molecule has 116 valence electrons. The lowest BCUT2D eigenvalue weighted by molar-refractivity contribution is 0.628. The number of halogens is 1. The van der Waals surface area contributed by atoms with E-state index in [2.05, 4.69) is 44.8 Å². The Balaban J connectivity index is 1.70. The van der Waals surface area contributed by atoms with Gasteiger partial charge in [-0.2, -0.15) is 5.10 Å². The summed E-state index contributed by atoms with van der Waals surface area (Å²) in [6.45, 7) is 0.614. The highest BCUT2D eigenvalue weighted by atomic mass is 32.2. The molecule has 0 radical (unpaired) electrons. The molecule has 0 aliphatic heterocycles. The second kappa shape index (κ2) is 7.19. The maximum Gasteiger partial charge on any atom is 0.243 e. The summed E-state index contributed by atoms with van der Waals surface area (Å²) < 4.78 is 13.0. The van der Waals surface area contributed by atoms with E-state index in [9.17, 15) is 4.39 Å². The molecule has 0 spiro atoms. The van der Waals surface area contributed by atoms with Crippen molar-refractivity contribution in [1.29, 1.82) is 0 Å². The van der Waals surface area contributed by atoms with Crippen molar-refractivity contribution in [2.45, 2.75) is 11.4 Å². The number of rotatable bonds is 5. The van der Waals surface area contributed by atoms with Crippen LogP contribution in [0, 0.1) is 5.82 Å². The first-order valence-electron chi connectivity index (χ1n) is 7.07. The number of thioether (sulfide) groups is 1. The van der Waals surface area contributed by atoms with E-state index >= 15 is 0 Å². The topological polar surface area (TPSA) is 50.7 Å². The minimum absolute atomic E-state index is 0.275. The van der Waals surface area contributed by atoms with Crippen LogP contribution in [-0.2, 0) is 6.54 Å². The number of hydrogen-bond donors (Lipinski definition) is 1. The number of anilines is 1. The lowest BCUT2D eigenvalue weighted by atomic mass is 10.2. The molecule has 3 rings (SSSR count). The van der Waals surface area contributed by atoms with Gasteiger partial charge in [0.05, 0.1) is 11.9 Å². The standard InChI is InChI=1S/C17H15FN4S/c1-23-15-8-2-12(3-9-15)10-19-17-21-16(11-20-22-17)13-4-6-14(18)7-5-13/h2-9,11H,10H2,1H3,(H,19,21,22). The van der Waals surface area contributed by atoms with Gasteiger partial charge in [-0.15, -0.1) is 16.9 Å². The summed E-state index contributed by atoms with van der Waals surface area (Å²) in [7, 11) is 0. The van der Waals surface area contributed by atoms with Crippen molar-refractivity contribution in [2.24, 2.45) is 0 Å². The largest absolute Gasteiger partial charge is 0.349 e. The first kappa shape index (κ1) is 15.4. The van der Waals surface area contributed by atoms with Crippen molar-refractivity contribution < 1.29 is 4.39 Å². The van der Waals surface area contributed by atoms with Crippen molar-refractivity contribution >= 4 is 17.7 Å². The van der Waals surface area contributed by atoms with E-state index in [1.54, 1.807) is 30.1 Å². The lowest BCUT2D eigenvalue weighted by Gasteiger charge is -2.06. The number of nitrogens with one attached hydrogen (secondary N) is 1. The van der Waals surface area contributed by atoms with Gasteiger partial charge in [0, 0.05) is 17.0 Å². The predicted molar refractivity (Wildman–Crippen MR) is 90.8 cm³/mol. The van der Waals surface area contributed by atoms with Crippen molar-refractivity contribution in [3.05, 3.63) is 66.1 Å². The summed E-state index contributed by atoms with van der Waals surface area (Å²) in [6, 6.07) is 14.4. The molecule has 3 aromatic rings. The van der Waals surface area contributed by atoms with Crippen LogP contribution < -0.4 is 5.32 Å². The van der Waals surface area contributed by atoms with Gasteiger partial charge < -0.3 is 5.32 Å². The molecule has 0 bridgehead atoms. The maximum absolute atomic E-state index is 13.0. The zero-order chi connectivity index (χ0) is 16.1. The normalized spacial score (nSPS) is 10.5. The average Bonchev–Trinajstić information content (AvgIpc) is 2.61. The van der Waals surface area contributed by atoms with Crippen LogP contribution in [0.15, 0.2) is 59.6 Å². The van der Waals surface area contributed by atoms with Crippen LogP contribution in [0.5, 0.6) is 0 Å². The summed E-state index contributed by atoms with van der Waals surface area (Å²) in [5.74, 6) is 0.170. The van der Waals surface area contributed by atoms with Gasteiger partial charge in [-0.25, -0.2) is 9.37 Å². The van der Waals surface area contributed by atoms with Crippen molar-refractivity contribution in [3.8, 4) is 11.3 Å². The highest BCUT2D eigenvalue weighted by Gasteiger charge is 2.04. The third-order valence-electron chi connectivity index (χ3n) is 3.31. The molecule has 6 heteroatoms. The van der Waals surface area contributed by atoms with Gasteiger partial charge in [-0.05, 0) is 48.2 Å². The Labute approximate surface area is 138 Å². The Morgan fingerprint density at radius 2 is 1.78 bits per heavy atom. The molecular weight excluding hydrogens is 311 g/mol. The van der Waals surface area contributed by atoms with Crippen molar-refractivity contribution in [3.63, 3.8) is 0 Å². The van der Waals surface area contributed by atoms with E-state index in [-0.39, 0.29) is 5.82 Å². The van der Waals surface area contributed by atoms with Crippen LogP contribution in [0.4, 0.5) is 10.3 Å². The summed E-state index contributed by atoms with van der Waals surface area (Å²) in [6.07, 6.45) is 3.61. The van der Waals surface area contributed by atoms with E-state index in [1.165, 1.54) is 17.0 Å². The number of aromatic nitrogens is 3. The molecular formula is C17H15FN4S. The van der Waals surface area contributed by atoms with Crippen LogP contribution in [0.3, 0.4) is 0 Å². The third kappa shape index (κ3) is 4.04. The quantitative estimate of drug-likeness (QED) is 0.718. The second-order valence-electron chi connectivity index (χ2n) is 4.87. The van der Waals surface area contributed by atoms with Crippen molar-refractivity contribution in [2.75, 3.05) is 11.6 Å². The molecule has 0 fully saturated rings. The van der Waals surface area contributed by atoms with E-state index in [1.807, 2.05) is 6.26 Å². The van der Waals surface area contributed by atoms with Gasteiger partial charge in [-0.3, -0.25) is 0 Å². The van der Waals surface area contributed by atoms with Crippen LogP contribution in [0.1, 0.15) is 5.56 Å². The Kier molecular flexibility index (Phi) is 4.83. The van der Waals surface area contributed by atoms with Gasteiger partial charge in [0.1, 0.15) is 5.82 Å². The SMILES string of the molecule is CSc1ccc(CNc2nncc(-c3ccc(F)cc3)n2)cc1. The maximum atomic E-state index is 13.0. The Bertz CT molecular complexity index is 775. The zero-order valence-corrected chi connectivity index (χ0v) is 13.3. The summed E-state index contributed by atoms with van der Waals surface area (Å²) in [5.41, 5.74) is 2.59. The Morgan fingerprint density at radius 1 is 1.04 bits per heavy atom. The first-order chi connectivity index (χ1) is 11.2. The monoisotopic (exact) mass is 326 g/mol. The predicted octanol–water partition coefficient (Wildman–Crippen LogP) is 4.01. The van der Waals surface area contributed by atoms with Crippen LogP contribution in [0.25, 0.3) is 11.3 Å². The minimum atomic E-state index is -0.275. The highest BCUT2D eigenvalue weighted by molar-refractivity contribution is 7.98. The number of hydrogen-bond acceptors (Lipinski definition) is 5. The van der Waals surface area contributed by atoms with Gasteiger partial charge in [0.2, 0.25) is 5.95 Å². The van der Waals surface area contributed by atoms with Gasteiger partial charge >= 0.3 is 0 Å². The molecule has 23 heavy (non-hydrogen) atoms. The fourth-order valence-electron chi connectivity index (χ4n) is 2.06. The van der Waals surface area contributed by atoms with Gasteiger partial charge in [-0.1, -0.05) is 12.1 Å². The molecule has 0 aliphatic rings. The fourth-order valence-corrected chi connectivity index (χ4v) is 2.47. The van der Waals surface area contributed by atoms with Crippen LogP contribution in [0.2, 0.25) is 0 Å². The minimum Gasteiger partial charge on any atom is -0.349 e. The van der Waals surface area contributed by atoms with Gasteiger partial charge in [0.15, 0.2) is 0 Å². The fraction of sp³-hybridized carbons (Fsp3) is 0.118. The lowest BCUT2D eigenvalue weighted by Crippen LogP contribution is -2.05. The summed E-state index contributed by atoms with van der Waals surface area (Å²) >= 11 is 1.71.